The Labute approximate surface area is 216 Å². The van der Waals surface area contributed by atoms with E-state index in [0.29, 0.717) is 27.0 Å². The highest BCUT2D eigenvalue weighted by atomic mass is 35.5. The van der Waals surface area contributed by atoms with Gasteiger partial charge in [-0.15, -0.1) is 22.9 Å². The number of hydrogen-bond donors (Lipinski definition) is 2. The van der Waals surface area contributed by atoms with Crippen molar-refractivity contribution in [2.45, 2.75) is 18.2 Å². The molecule has 1 aliphatic rings. The average molecular weight is 529 g/mol. The minimum absolute atomic E-state index is 0.0666. The number of hydrogen-bond acceptors (Lipinski definition) is 4. The van der Waals surface area contributed by atoms with Crippen molar-refractivity contribution in [1.29, 1.82) is 0 Å². The zero-order valence-electron chi connectivity index (χ0n) is 18.1. The van der Waals surface area contributed by atoms with Gasteiger partial charge in [0.15, 0.2) is 0 Å². The summed E-state index contributed by atoms with van der Waals surface area (Å²) in [6.07, 6.45) is 0. The molecule has 1 fully saturated rings. The molecule has 1 saturated carbocycles. The second kappa shape index (κ2) is 9.23. The number of nitrogens with zero attached hydrogens (tertiary/aromatic N) is 1. The number of fused-ring (bicyclic) bond motifs is 1. The van der Waals surface area contributed by atoms with E-state index in [2.05, 4.69) is 22.2 Å². The van der Waals surface area contributed by atoms with Gasteiger partial charge >= 0.3 is 0 Å². The highest BCUT2D eigenvalue weighted by molar-refractivity contribution is 7.16. The minimum atomic E-state index is -0.329. The van der Waals surface area contributed by atoms with Crippen LogP contribution in [-0.4, -0.2) is 16.3 Å². The summed E-state index contributed by atoms with van der Waals surface area (Å²) in [7, 11) is 0. The number of aromatic nitrogens is 1. The van der Waals surface area contributed by atoms with Crippen molar-refractivity contribution in [3.05, 3.63) is 93.4 Å². The molecule has 1 heterocycles. The monoisotopic (exact) mass is 527 g/mol. The molecule has 2 N–H and O–H groups in total. The number of amides is 1. The topological polar surface area (TPSA) is 54.0 Å². The van der Waals surface area contributed by atoms with E-state index < -0.39 is 0 Å². The molecule has 5 rings (SSSR count). The van der Waals surface area contributed by atoms with Gasteiger partial charge in [-0.2, -0.15) is 0 Å². The van der Waals surface area contributed by atoms with Crippen LogP contribution in [-0.2, 0) is 4.79 Å². The summed E-state index contributed by atoms with van der Waals surface area (Å²) >= 11 is 20.7. The molecule has 1 aliphatic carbocycles. The van der Waals surface area contributed by atoms with Crippen molar-refractivity contribution in [2.75, 3.05) is 10.6 Å². The fraction of sp³-hybridized carbons (Fsp3) is 0.154. The Bertz CT molecular complexity index is 1410. The SMILES string of the molecule is C=C(Nc1ccc2scnc2c1)c1cc(NC(=O)C2C(Cl)C2c2cc(C)cc(Cl)c2)ccc1Cl. The van der Waals surface area contributed by atoms with Crippen molar-refractivity contribution in [3.8, 4) is 0 Å². The normalized spacial score (nSPS) is 19.1. The molecule has 172 valence electrons. The Hall–Kier alpha value is -2.57. The number of aryl methyl sites for hydroxylation is 1. The molecule has 8 heteroatoms. The summed E-state index contributed by atoms with van der Waals surface area (Å²) < 4.78 is 1.11. The summed E-state index contributed by atoms with van der Waals surface area (Å²) in [5, 5.41) is 7.16. The Morgan fingerprint density at radius 3 is 2.59 bits per heavy atom. The molecule has 34 heavy (non-hydrogen) atoms. The van der Waals surface area contributed by atoms with E-state index in [1.165, 1.54) is 0 Å². The smallest absolute Gasteiger partial charge is 0.229 e. The number of thiazole rings is 1. The number of nitrogens with one attached hydrogen (secondary N) is 2. The van der Waals surface area contributed by atoms with E-state index in [9.17, 15) is 4.79 Å². The third-order valence-electron chi connectivity index (χ3n) is 5.87. The van der Waals surface area contributed by atoms with Gasteiger partial charge < -0.3 is 10.6 Å². The predicted molar refractivity (Wildman–Crippen MR) is 144 cm³/mol. The molecule has 3 unspecified atom stereocenters. The first-order valence-electron chi connectivity index (χ1n) is 10.6. The molecule has 3 atom stereocenters. The third kappa shape index (κ3) is 4.66. The van der Waals surface area contributed by atoms with E-state index in [-0.39, 0.29) is 23.1 Å². The van der Waals surface area contributed by atoms with Gasteiger partial charge in [0.25, 0.3) is 0 Å². The maximum absolute atomic E-state index is 13.0. The molecule has 0 radical (unpaired) electrons. The first kappa shape index (κ1) is 23.2. The van der Waals surface area contributed by atoms with Gasteiger partial charge in [-0.3, -0.25) is 4.79 Å². The van der Waals surface area contributed by atoms with Crippen molar-refractivity contribution in [3.63, 3.8) is 0 Å². The van der Waals surface area contributed by atoms with E-state index in [1.54, 1.807) is 29.5 Å². The largest absolute Gasteiger partial charge is 0.355 e. The van der Waals surface area contributed by atoms with Gasteiger partial charge in [0.1, 0.15) is 0 Å². The molecule has 4 aromatic rings. The van der Waals surface area contributed by atoms with E-state index in [4.69, 9.17) is 34.8 Å². The highest BCUT2D eigenvalue weighted by Gasteiger charge is 2.54. The van der Waals surface area contributed by atoms with Crippen molar-refractivity contribution in [2.24, 2.45) is 5.92 Å². The van der Waals surface area contributed by atoms with Crippen LogP contribution < -0.4 is 10.6 Å². The number of carbonyl (C=O) groups excluding carboxylic acids is 1. The quantitative estimate of drug-likeness (QED) is 0.250. The molecule has 0 aliphatic heterocycles. The standard InChI is InChI=1S/C26H20Cl3N3OS/c1-13-7-15(9-16(27)8-13)23-24(25(23)29)26(33)32-17-3-5-20(28)19(10-17)14(2)31-18-4-6-22-21(11-18)30-12-34-22/h3-12,23-25,31H,2H2,1H3,(H,32,33). The molecule has 1 aromatic heterocycles. The lowest BCUT2D eigenvalue weighted by Crippen LogP contribution is -2.16. The Morgan fingerprint density at radius 2 is 1.79 bits per heavy atom. The van der Waals surface area contributed by atoms with E-state index >= 15 is 0 Å². The number of benzene rings is 3. The zero-order valence-corrected chi connectivity index (χ0v) is 21.2. The third-order valence-corrected chi connectivity index (χ3v) is 7.77. The fourth-order valence-corrected chi connectivity index (χ4v) is 5.84. The Balaban J connectivity index is 1.30. The second-order valence-corrected chi connectivity index (χ2v) is 10.6. The van der Waals surface area contributed by atoms with Gasteiger partial charge in [-0.25, -0.2) is 4.98 Å². The molecule has 1 amide bonds. The number of halogens is 3. The number of alkyl halides is 1. The van der Waals surface area contributed by atoms with Crippen LogP contribution in [0.2, 0.25) is 10.0 Å². The number of rotatable bonds is 6. The molecule has 4 nitrogen and oxygen atoms in total. The van der Waals surface area contributed by atoms with E-state index in [0.717, 1.165) is 27.0 Å². The van der Waals surface area contributed by atoms with Crippen LogP contribution in [0.4, 0.5) is 11.4 Å². The van der Waals surface area contributed by atoms with Gasteiger partial charge in [-0.1, -0.05) is 35.8 Å². The summed E-state index contributed by atoms with van der Waals surface area (Å²) in [5.41, 5.74) is 7.55. The second-order valence-electron chi connectivity index (χ2n) is 8.38. The van der Waals surface area contributed by atoms with Gasteiger partial charge in [0, 0.05) is 33.6 Å². The van der Waals surface area contributed by atoms with Crippen LogP contribution in [0.5, 0.6) is 0 Å². The minimum Gasteiger partial charge on any atom is -0.355 e. The van der Waals surface area contributed by atoms with Crippen LogP contribution in [0.1, 0.15) is 22.6 Å². The van der Waals surface area contributed by atoms with Crippen LogP contribution in [0, 0.1) is 12.8 Å². The maximum atomic E-state index is 13.0. The first-order valence-corrected chi connectivity index (χ1v) is 12.7. The molecule has 0 spiro atoms. The fourth-order valence-electron chi connectivity index (χ4n) is 4.17. The summed E-state index contributed by atoms with van der Waals surface area (Å²) in [6.45, 7) is 6.11. The van der Waals surface area contributed by atoms with Crippen molar-refractivity contribution >= 4 is 79.3 Å². The first-order chi connectivity index (χ1) is 16.3. The van der Waals surface area contributed by atoms with Crippen LogP contribution in [0.25, 0.3) is 15.9 Å². The van der Waals surface area contributed by atoms with Crippen molar-refractivity contribution in [1.82, 2.24) is 4.98 Å². The van der Waals surface area contributed by atoms with Gasteiger partial charge in [0.2, 0.25) is 5.91 Å². The zero-order chi connectivity index (χ0) is 24.0. The lowest BCUT2D eigenvalue weighted by atomic mass is 10.1. The average Bonchev–Trinajstić information content (AvgIpc) is 3.24. The molecular weight excluding hydrogens is 509 g/mol. The summed E-state index contributed by atoms with van der Waals surface area (Å²) in [5.74, 6) is -0.531. The maximum Gasteiger partial charge on any atom is 0.229 e. The molecular formula is C26H20Cl3N3OS. The van der Waals surface area contributed by atoms with Crippen LogP contribution in [0.3, 0.4) is 0 Å². The summed E-state index contributed by atoms with van der Waals surface area (Å²) in [6, 6.07) is 17.0. The number of anilines is 2. The molecule has 0 saturated heterocycles. The van der Waals surface area contributed by atoms with Gasteiger partial charge in [-0.05, 0) is 66.6 Å². The lowest BCUT2D eigenvalue weighted by Gasteiger charge is -2.14. The lowest BCUT2D eigenvalue weighted by molar-refractivity contribution is -0.117. The highest BCUT2D eigenvalue weighted by Crippen LogP contribution is 2.53. The Kier molecular flexibility index (Phi) is 6.30. The van der Waals surface area contributed by atoms with Crippen LogP contribution >= 0.6 is 46.1 Å². The predicted octanol–water partition coefficient (Wildman–Crippen LogP) is 7.95. The molecule has 0 bridgehead atoms. The van der Waals surface area contributed by atoms with Crippen molar-refractivity contribution < 1.29 is 4.79 Å². The van der Waals surface area contributed by atoms with E-state index in [1.807, 2.05) is 48.8 Å². The van der Waals surface area contributed by atoms with Crippen LogP contribution in [0.15, 0.2) is 66.7 Å². The molecule has 3 aromatic carbocycles. The Morgan fingerprint density at radius 1 is 1.03 bits per heavy atom. The van der Waals surface area contributed by atoms with Gasteiger partial charge in [0.05, 0.1) is 32.0 Å². The number of carbonyl (C=O) groups is 1. The summed E-state index contributed by atoms with van der Waals surface area (Å²) in [4.78, 5) is 17.3.